The maximum Gasteiger partial charge on any atom is 0.237 e. The lowest BCUT2D eigenvalue weighted by molar-refractivity contribution is -0.131. The van der Waals surface area contributed by atoms with E-state index in [1.165, 1.54) is 0 Å². The van der Waals surface area contributed by atoms with E-state index in [1.807, 2.05) is 19.0 Å². The summed E-state index contributed by atoms with van der Waals surface area (Å²) in [5.74, 6) is 0.511. The van der Waals surface area contributed by atoms with Gasteiger partial charge in [0, 0.05) is 6.54 Å². The lowest BCUT2D eigenvalue weighted by atomic mass is 10.1. The van der Waals surface area contributed by atoms with Gasteiger partial charge in [0.05, 0.1) is 12.6 Å². The van der Waals surface area contributed by atoms with Crippen LogP contribution >= 0.6 is 0 Å². The highest BCUT2D eigenvalue weighted by molar-refractivity contribution is 5.79. The van der Waals surface area contributed by atoms with Crippen molar-refractivity contribution in [3.05, 3.63) is 0 Å². The predicted octanol–water partition coefficient (Wildman–Crippen LogP) is 0.309. The molecule has 2 atom stereocenters. The van der Waals surface area contributed by atoms with E-state index < -0.39 is 0 Å². The minimum atomic E-state index is -0.211. The molecule has 4 heteroatoms. The second-order valence-electron chi connectivity index (χ2n) is 4.27. The fourth-order valence-corrected chi connectivity index (χ4v) is 1.81. The molecule has 1 aliphatic heterocycles. The number of likely N-dealkylation sites (N-methyl/N-ethyl adjacent to an activating group) is 1. The molecule has 14 heavy (non-hydrogen) atoms. The minimum absolute atomic E-state index is 0.0610. The number of nitrogens with zero attached hydrogens (tertiary/aromatic N) is 3. The van der Waals surface area contributed by atoms with Gasteiger partial charge in [0.1, 0.15) is 6.04 Å². The first kappa shape index (κ1) is 11.0. The zero-order valence-corrected chi connectivity index (χ0v) is 9.03. The number of amides is 1. The molecule has 0 radical (unpaired) electrons. The second-order valence-corrected chi connectivity index (χ2v) is 4.27. The minimum Gasteiger partial charge on any atom is -0.325 e. The highest BCUT2D eigenvalue weighted by Gasteiger charge is 2.32. The summed E-state index contributed by atoms with van der Waals surface area (Å²) in [6.45, 7) is 3.20. The molecule has 1 aliphatic rings. The Balaban J connectivity index is 2.59. The Morgan fingerprint density at radius 2 is 2.29 bits per heavy atom. The van der Waals surface area contributed by atoms with Crippen LogP contribution in [-0.2, 0) is 4.79 Å². The number of hydrogen-bond donors (Lipinski definition) is 0. The molecule has 0 spiro atoms. The molecule has 4 nitrogen and oxygen atoms in total. The van der Waals surface area contributed by atoms with E-state index in [1.54, 1.807) is 4.90 Å². The molecule has 0 saturated carbocycles. The van der Waals surface area contributed by atoms with E-state index in [-0.39, 0.29) is 11.9 Å². The molecular formula is C10H17N3O. The van der Waals surface area contributed by atoms with Crippen LogP contribution in [0.3, 0.4) is 0 Å². The third kappa shape index (κ3) is 2.46. The van der Waals surface area contributed by atoms with Gasteiger partial charge in [-0.3, -0.25) is 4.79 Å². The number of rotatable bonds is 2. The maximum absolute atomic E-state index is 11.7. The molecule has 1 saturated heterocycles. The zero-order valence-electron chi connectivity index (χ0n) is 9.03. The van der Waals surface area contributed by atoms with E-state index in [4.69, 9.17) is 5.26 Å². The highest BCUT2D eigenvalue weighted by atomic mass is 16.2. The molecule has 0 aromatic rings. The monoisotopic (exact) mass is 195 g/mol. The van der Waals surface area contributed by atoms with Gasteiger partial charge in [-0.25, -0.2) is 0 Å². The SMILES string of the molecule is CC1CC(C#N)N(C(=O)CN(C)C)C1. The van der Waals surface area contributed by atoms with E-state index >= 15 is 0 Å². The van der Waals surface area contributed by atoms with Crippen LogP contribution in [0.1, 0.15) is 13.3 Å². The van der Waals surface area contributed by atoms with E-state index in [9.17, 15) is 4.79 Å². The normalized spacial score (nSPS) is 26.6. The number of nitriles is 1. The van der Waals surface area contributed by atoms with Gasteiger partial charge in [-0.1, -0.05) is 6.92 Å². The first-order valence-electron chi connectivity index (χ1n) is 4.88. The van der Waals surface area contributed by atoms with Gasteiger partial charge in [0.15, 0.2) is 0 Å². The fourth-order valence-electron chi connectivity index (χ4n) is 1.81. The molecule has 78 valence electrons. The van der Waals surface area contributed by atoms with Gasteiger partial charge >= 0.3 is 0 Å². The molecule has 1 rings (SSSR count). The van der Waals surface area contributed by atoms with Crippen molar-refractivity contribution in [1.29, 1.82) is 5.26 Å². The Bertz CT molecular complexity index is 257. The fraction of sp³-hybridized carbons (Fsp3) is 0.800. The third-order valence-electron chi connectivity index (χ3n) is 2.43. The largest absolute Gasteiger partial charge is 0.325 e. The topological polar surface area (TPSA) is 47.3 Å². The lowest BCUT2D eigenvalue weighted by Gasteiger charge is -2.21. The van der Waals surface area contributed by atoms with Crippen molar-refractivity contribution in [2.45, 2.75) is 19.4 Å². The van der Waals surface area contributed by atoms with E-state index in [0.717, 1.165) is 13.0 Å². The molecule has 1 amide bonds. The number of likely N-dealkylation sites (tertiary alicyclic amines) is 1. The first-order chi connectivity index (χ1) is 6.54. The average Bonchev–Trinajstić information content (AvgIpc) is 2.45. The van der Waals surface area contributed by atoms with Gasteiger partial charge in [-0.05, 0) is 26.4 Å². The van der Waals surface area contributed by atoms with Gasteiger partial charge in [0.25, 0.3) is 0 Å². The molecule has 0 aromatic heterocycles. The summed E-state index contributed by atoms with van der Waals surface area (Å²) in [6, 6.07) is 1.97. The number of hydrogen-bond acceptors (Lipinski definition) is 3. The van der Waals surface area contributed by atoms with Crippen molar-refractivity contribution in [3.63, 3.8) is 0 Å². The molecular weight excluding hydrogens is 178 g/mol. The summed E-state index contributed by atoms with van der Waals surface area (Å²) >= 11 is 0. The molecule has 0 aromatic carbocycles. The number of carbonyl (C=O) groups excluding carboxylic acids is 1. The first-order valence-corrected chi connectivity index (χ1v) is 4.88. The Morgan fingerprint density at radius 3 is 2.79 bits per heavy atom. The van der Waals surface area contributed by atoms with Gasteiger partial charge in [-0.15, -0.1) is 0 Å². The van der Waals surface area contributed by atoms with Crippen LogP contribution in [0.5, 0.6) is 0 Å². The average molecular weight is 195 g/mol. The van der Waals surface area contributed by atoms with Gasteiger partial charge in [0.2, 0.25) is 5.91 Å². The summed E-state index contributed by atoms with van der Waals surface area (Å²) in [7, 11) is 3.72. The van der Waals surface area contributed by atoms with Gasteiger partial charge < -0.3 is 9.80 Å². The highest BCUT2D eigenvalue weighted by Crippen LogP contribution is 2.22. The van der Waals surface area contributed by atoms with Crippen LogP contribution in [0.15, 0.2) is 0 Å². The molecule has 0 aliphatic carbocycles. The van der Waals surface area contributed by atoms with E-state index in [2.05, 4.69) is 13.0 Å². The summed E-state index contributed by atoms with van der Waals surface area (Å²) in [6.07, 6.45) is 0.815. The Hall–Kier alpha value is -1.08. The molecule has 1 heterocycles. The van der Waals surface area contributed by atoms with E-state index in [0.29, 0.717) is 12.5 Å². The molecule has 2 unspecified atom stereocenters. The van der Waals surface area contributed by atoms with Crippen molar-refractivity contribution in [2.24, 2.45) is 5.92 Å². The van der Waals surface area contributed by atoms with Crippen LogP contribution in [0.25, 0.3) is 0 Å². The summed E-state index contributed by atoms with van der Waals surface area (Å²) in [5.41, 5.74) is 0. The van der Waals surface area contributed by atoms with Crippen LogP contribution in [0.4, 0.5) is 0 Å². The van der Waals surface area contributed by atoms with Gasteiger partial charge in [-0.2, -0.15) is 5.26 Å². The Morgan fingerprint density at radius 1 is 1.64 bits per heavy atom. The molecule has 0 N–H and O–H groups in total. The van der Waals surface area contributed by atoms with Crippen LogP contribution in [0.2, 0.25) is 0 Å². The quantitative estimate of drug-likeness (QED) is 0.637. The molecule has 0 bridgehead atoms. The standard InChI is InChI=1S/C10H17N3O/c1-8-4-9(5-11)13(6-8)10(14)7-12(2)3/h8-9H,4,6-7H2,1-3H3. The van der Waals surface area contributed by atoms with Crippen LogP contribution in [-0.4, -0.2) is 48.9 Å². The van der Waals surface area contributed by atoms with Crippen molar-refractivity contribution >= 4 is 5.91 Å². The van der Waals surface area contributed by atoms with Crippen molar-refractivity contribution in [3.8, 4) is 6.07 Å². The van der Waals surface area contributed by atoms with Crippen LogP contribution in [0, 0.1) is 17.2 Å². The Labute approximate surface area is 85.1 Å². The summed E-state index contributed by atoms with van der Waals surface area (Å²) in [5, 5.41) is 8.88. The molecule has 1 fully saturated rings. The van der Waals surface area contributed by atoms with Crippen molar-refractivity contribution < 1.29 is 4.79 Å². The van der Waals surface area contributed by atoms with Crippen LogP contribution < -0.4 is 0 Å². The summed E-state index contributed by atoms with van der Waals surface area (Å²) in [4.78, 5) is 15.2. The Kier molecular flexibility index (Phi) is 3.48. The summed E-state index contributed by atoms with van der Waals surface area (Å²) < 4.78 is 0. The number of carbonyl (C=O) groups is 1. The second kappa shape index (κ2) is 4.43. The predicted molar refractivity (Wildman–Crippen MR) is 53.4 cm³/mol. The van der Waals surface area contributed by atoms with Crippen molar-refractivity contribution in [2.75, 3.05) is 27.2 Å². The zero-order chi connectivity index (χ0) is 10.7. The smallest absolute Gasteiger partial charge is 0.237 e. The third-order valence-corrected chi connectivity index (χ3v) is 2.43. The lowest BCUT2D eigenvalue weighted by Crippen LogP contribution is -2.40. The van der Waals surface area contributed by atoms with Crippen molar-refractivity contribution in [1.82, 2.24) is 9.80 Å². The maximum atomic E-state index is 11.7.